The third kappa shape index (κ3) is 3.32. The van der Waals surface area contributed by atoms with Gasteiger partial charge in [-0.15, -0.1) is 11.3 Å². The minimum Gasteiger partial charge on any atom is -0.497 e. The molecule has 0 radical (unpaired) electrons. The number of thiazole rings is 1. The van der Waals surface area contributed by atoms with E-state index in [1.165, 1.54) is 11.3 Å². The van der Waals surface area contributed by atoms with Crippen molar-refractivity contribution >= 4 is 17.1 Å². The number of benzene rings is 1. The number of aryl methyl sites for hydroxylation is 1. The lowest BCUT2D eigenvalue weighted by molar-refractivity contribution is 0.0992. The second-order valence-corrected chi connectivity index (χ2v) is 5.03. The normalized spacial score (nSPS) is 10.3. The van der Waals surface area contributed by atoms with Crippen LogP contribution in [0.1, 0.15) is 21.1 Å². The van der Waals surface area contributed by atoms with Gasteiger partial charge in [-0.2, -0.15) is 0 Å². The summed E-state index contributed by atoms with van der Waals surface area (Å²) in [5.74, 6) is 1.22. The standard InChI is InChI=1S/C14H15NO3S/c1-9-8-19-14(15-9)7-13(16)10-4-11(17-2)6-12(5-10)18-3/h4-6,8H,7H2,1-3H3. The van der Waals surface area contributed by atoms with E-state index >= 15 is 0 Å². The second kappa shape index (κ2) is 5.84. The highest BCUT2D eigenvalue weighted by molar-refractivity contribution is 7.09. The van der Waals surface area contributed by atoms with Crippen LogP contribution in [-0.4, -0.2) is 25.0 Å². The van der Waals surface area contributed by atoms with Crippen LogP contribution in [-0.2, 0) is 6.42 Å². The van der Waals surface area contributed by atoms with Crippen LogP contribution in [0.4, 0.5) is 0 Å². The number of carbonyl (C=O) groups excluding carboxylic acids is 1. The zero-order valence-corrected chi connectivity index (χ0v) is 11.9. The summed E-state index contributed by atoms with van der Waals surface area (Å²) in [6, 6.07) is 5.17. The highest BCUT2D eigenvalue weighted by Crippen LogP contribution is 2.23. The number of hydrogen-bond acceptors (Lipinski definition) is 5. The highest BCUT2D eigenvalue weighted by Gasteiger charge is 2.12. The van der Waals surface area contributed by atoms with Gasteiger partial charge in [-0.05, 0) is 19.1 Å². The smallest absolute Gasteiger partial charge is 0.169 e. The van der Waals surface area contributed by atoms with Gasteiger partial charge in [0, 0.05) is 22.7 Å². The molecule has 0 saturated carbocycles. The maximum atomic E-state index is 12.2. The summed E-state index contributed by atoms with van der Waals surface area (Å²) in [6.45, 7) is 1.92. The Kier molecular flexibility index (Phi) is 4.16. The fourth-order valence-electron chi connectivity index (χ4n) is 1.69. The van der Waals surface area contributed by atoms with E-state index < -0.39 is 0 Å². The molecule has 0 spiro atoms. The van der Waals surface area contributed by atoms with Crippen molar-refractivity contribution in [3.63, 3.8) is 0 Å². The summed E-state index contributed by atoms with van der Waals surface area (Å²) in [4.78, 5) is 16.5. The molecule has 0 amide bonds. The van der Waals surface area contributed by atoms with Crippen LogP contribution >= 0.6 is 11.3 Å². The van der Waals surface area contributed by atoms with Crippen LogP contribution in [0.5, 0.6) is 11.5 Å². The van der Waals surface area contributed by atoms with Crippen LogP contribution in [0.25, 0.3) is 0 Å². The van der Waals surface area contributed by atoms with E-state index in [1.54, 1.807) is 32.4 Å². The van der Waals surface area contributed by atoms with Crippen molar-refractivity contribution in [2.24, 2.45) is 0 Å². The molecule has 5 heteroatoms. The molecule has 0 aliphatic heterocycles. The van der Waals surface area contributed by atoms with Gasteiger partial charge < -0.3 is 9.47 Å². The predicted molar refractivity (Wildman–Crippen MR) is 74.4 cm³/mol. The Bertz CT molecular complexity index is 570. The molecule has 0 aliphatic carbocycles. The van der Waals surface area contributed by atoms with Crippen LogP contribution < -0.4 is 9.47 Å². The maximum absolute atomic E-state index is 12.2. The van der Waals surface area contributed by atoms with Gasteiger partial charge in [-0.3, -0.25) is 4.79 Å². The predicted octanol–water partition coefficient (Wildman–Crippen LogP) is 2.89. The van der Waals surface area contributed by atoms with Crippen molar-refractivity contribution in [2.75, 3.05) is 14.2 Å². The molecule has 1 aromatic heterocycles. The van der Waals surface area contributed by atoms with Crippen LogP contribution in [0, 0.1) is 6.92 Å². The first-order valence-electron chi connectivity index (χ1n) is 5.79. The number of ether oxygens (including phenoxy) is 2. The molecule has 1 aromatic carbocycles. The zero-order chi connectivity index (χ0) is 13.8. The molecule has 0 atom stereocenters. The Labute approximate surface area is 116 Å². The fraction of sp³-hybridized carbons (Fsp3) is 0.286. The average Bonchev–Trinajstić information content (AvgIpc) is 2.83. The van der Waals surface area contributed by atoms with E-state index in [0.29, 0.717) is 23.5 Å². The first-order valence-corrected chi connectivity index (χ1v) is 6.67. The Morgan fingerprint density at radius 1 is 1.21 bits per heavy atom. The average molecular weight is 277 g/mol. The number of methoxy groups -OCH3 is 2. The van der Waals surface area contributed by atoms with Gasteiger partial charge in [0.1, 0.15) is 16.5 Å². The Hall–Kier alpha value is -1.88. The lowest BCUT2D eigenvalue weighted by atomic mass is 10.1. The van der Waals surface area contributed by atoms with Gasteiger partial charge in [-0.1, -0.05) is 0 Å². The summed E-state index contributed by atoms with van der Waals surface area (Å²) in [5.41, 5.74) is 1.51. The molecule has 2 rings (SSSR count). The maximum Gasteiger partial charge on any atom is 0.169 e. The number of Topliss-reactive ketones (excluding diaryl/α,β-unsaturated/α-hetero) is 1. The van der Waals surface area contributed by atoms with Gasteiger partial charge >= 0.3 is 0 Å². The number of nitrogens with zero attached hydrogens (tertiary/aromatic N) is 1. The molecule has 100 valence electrons. The highest BCUT2D eigenvalue weighted by atomic mass is 32.1. The monoisotopic (exact) mass is 277 g/mol. The molecular formula is C14H15NO3S. The summed E-state index contributed by atoms with van der Waals surface area (Å²) < 4.78 is 10.3. The Balaban J connectivity index is 2.22. The molecule has 1 heterocycles. The van der Waals surface area contributed by atoms with Gasteiger partial charge in [0.15, 0.2) is 5.78 Å². The Morgan fingerprint density at radius 2 is 1.84 bits per heavy atom. The minimum absolute atomic E-state index is 0.00606. The van der Waals surface area contributed by atoms with E-state index in [9.17, 15) is 4.79 Å². The van der Waals surface area contributed by atoms with E-state index in [1.807, 2.05) is 12.3 Å². The molecule has 0 N–H and O–H groups in total. The van der Waals surface area contributed by atoms with Crippen molar-refractivity contribution in [2.45, 2.75) is 13.3 Å². The molecule has 0 bridgehead atoms. The molecule has 0 unspecified atom stereocenters. The van der Waals surface area contributed by atoms with Gasteiger partial charge in [0.05, 0.1) is 20.6 Å². The van der Waals surface area contributed by atoms with Crippen LogP contribution in [0.3, 0.4) is 0 Å². The summed E-state index contributed by atoms with van der Waals surface area (Å²) in [7, 11) is 3.13. The van der Waals surface area contributed by atoms with Crippen LogP contribution in [0.2, 0.25) is 0 Å². The van der Waals surface area contributed by atoms with E-state index in [4.69, 9.17) is 9.47 Å². The second-order valence-electron chi connectivity index (χ2n) is 4.08. The number of hydrogen-bond donors (Lipinski definition) is 0. The third-order valence-corrected chi connectivity index (χ3v) is 3.62. The number of aromatic nitrogens is 1. The lowest BCUT2D eigenvalue weighted by Gasteiger charge is -2.07. The topological polar surface area (TPSA) is 48.4 Å². The Morgan fingerprint density at radius 3 is 2.32 bits per heavy atom. The lowest BCUT2D eigenvalue weighted by Crippen LogP contribution is -2.04. The SMILES string of the molecule is COc1cc(OC)cc(C(=O)Cc2nc(C)cs2)c1. The zero-order valence-electron chi connectivity index (χ0n) is 11.1. The molecule has 0 fully saturated rings. The number of ketones is 1. The van der Waals surface area contributed by atoms with Gasteiger partial charge in [0.2, 0.25) is 0 Å². The third-order valence-electron chi connectivity index (χ3n) is 2.65. The quantitative estimate of drug-likeness (QED) is 0.788. The van der Waals surface area contributed by atoms with E-state index in [-0.39, 0.29) is 5.78 Å². The van der Waals surface area contributed by atoms with Gasteiger partial charge in [0.25, 0.3) is 0 Å². The first kappa shape index (κ1) is 13.5. The summed E-state index contributed by atoms with van der Waals surface area (Å²) in [5, 5.41) is 2.76. The van der Waals surface area contributed by atoms with Crippen molar-refractivity contribution in [3.8, 4) is 11.5 Å². The first-order chi connectivity index (χ1) is 9.12. The van der Waals surface area contributed by atoms with Crippen molar-refractivity contribution in [1.29, 1.82) is 0 Å². The molecule has 0 saturated heterocycles. The number of carbonyl (C=O) groups is 1. The van der Waals surface area contributed by atoms with E-state index in [0.717, 1.165) is 10.7 Å². The van der Waals surface area contributed by atoms with Gasteiger partial charge in [-0.25, -0.2) is 4.98 Å². The van der Waals surface area contributed by atoms with Crippen molar-refractivity contribution < 1.29 is 14.3 Å². The molecule has 0 aliphatic rings. The van der Waals surface area contributed by atoms with Crippen molar-refractivity contribution in [3.05, 3.63) is 39.8 Å². The number of rotatable bonds is 5. The summed E-state index contributed by atoms with van der Waals surface area (Å²) >= 11 is 1.50. The van der Waals surface area contributed by atoms with Crippen molar-refractivity contribution in [1.82, 2.24) is 4.98 Å². The fourth-order valence-corrected chi connectivity index (χ4v) is 2.46. The molecule has 19 heavy (non-hydrogen) atoms. The summed E-state index contributed by atoms with van der Waals surface area (Å²) in [6.07, 6.45) is 0.300. The molecular weight excluding hydrogens is 262 g/mol. The minimum atomic E-state index is 0.00606. The largest absolute Gasteiger partial charge is 0.497 e. The van der Waals surface area contributed by atoms with Crippen LogP contribution in [0.15, 0.2) is 23.6 Å². The van der Waals surface area contributed by atoms with E-state index in [2.05, 4.69) is 4.98 Å². The molecule has 2 aromatic rings. The molecule has 4 nitrogen and oxygen atoms in total.